The molecule has 8 nitrogen and oxygen atoms in total. The second kappa shape index (κ2) is 7.81. The van der Waals surface area contributed by atoms with Crippen molar-refractivity contribution in [3.8, 4) is 11.5 Å². The van der Waals surface area contributed by atoms with Crippen LogP contribution in [-0.2, 0) is 14.8 Å². The molecule has 1 saturated carbocycles. The molecule has 3 rings (SSSR count). The molecule has 2 unspecified atom stereocenters. The fourth-order valence-electron chi connectivity index (χ4n) is 2.73. The summed E-state index contributed by atoms with van der Waals surface area (Å²) in [5, 5.41) is 2.70. The van der Waals surface area contributed by atoms with Crippen molar-refractivity contribution in [3.63, 3.8) is 0 Å². The van der Waals surface area contributed by atoms with Crippen molar-refractivity contribution in [3.05, 3.63) is 18.2 Å². The molecule has 1 heterocycles. The van der Waals surface area contributed by atoms with Gasteiger partial charge in [-0.05, 0) is 37.8 Å². The molecule has 9 heteroatoms. The first-order valence-electron chi connectivity index (χ1n) is 8.82. The number of nitrogens with two attached hydrogens (primary N) is 1. The number of sulfonamides is 1. The van der Waals surface area contributed by atoms with E-state index < -0.39 is 22.0 Å². The lowest BCUT2D eigenvalue weighted by atomic mass is 10.2. The summed E-state index contributed by atoms with van der Waals surface area (Å²) < 4.78 is 38.5. The SMILES string of the molecule is CC(NS(=O)(=O)c1ccc2c(c1)OCCCO2)C(=O)NCC(N)C1CC1. The zero-order chi connectivity index (χ0) is 18.7. The quantitative estimate of drug-likeness (QED) is 0.626. The van der Waals surface area contributed by atoms with E-state index in [1.807, 2.05) is 0 Å². The Bertz CT molecular complexity index is 764. The first-order valence-corrected chi connectivity index (χ1v) is 10.3. The lowest BCUT2D eigenvalue weighted by Gasteiger charge is -2.17. The monoisotopic (exact) mass is 383 g/mol. The predicted molar refractivity (Wildman–Crippen MR) is 95.5 cm³/mol. The zero-order valence-corrected chi connectivity index (χ0v) is 15.6. The highest BCUT2D eigenvalue weighted by Crippen LogP contribution is 2.32. The maximum absolute atomic E-state index is 12.6. The highest BCUT2D eigenvalue weighted by atomic mass is 32.2. The third kappa shape index (κ3) is 4.66. The number of carbonyl (C=O) groups excluding carboxylic acids is 1. The van der Waals surface area contributed by atoms with E-state index in [1.54, 1.807) is 6.07 Å². The van der Waals surface area contributed by atoms with Crippen LogP contribution < -0.4 is 25.2 Å². The molecule has 1 amide bonds. The van der Waals surface area contributed by atoms with Gasteiger partial charge in [-0.25, -0.2) is 8.42 Å². The standard InChI is InChI=1S/C17H25N3O5S/c1-11(17(21)19-10-14(18)12-3-4-12)20-26(22,23)13-5-6-15-16(9-13)25-8-2-7-24-15/h5-6,9,11-12,14,20H,2-4,7-8,10,18H2,1H3,(H,19,21). The third-order valence-corrected chi connectivity index (χ3v) is 6.03. The summed E-state index contributed by atoms with van der Waals surface area (Å²) in [5.74, 6) is 0.960. The Kier molecular flexibility index (Phi) is 5.69. The highest BCUT2D eigenvalue weighted by Gasteiger charge is 2.29. The number of hydrogen-bond donors (Lipinski definition) is 3. The molecule has 0 radical (unpaired) electrons. The molecule has 26 heavy (non-hydrogen) atoms. The van der Waals surface area contributed by atoms with E-state index in [0.717, 1.165) is 19.3 Å². The zero-order valence-electron chi connectivity index (χ0n) is 14.7. The molecule has 4 N–H and O–H groups in total. The van der Waals surface area contributed by atoms with Crippen LogP contribution in [0.1, 0.15) is 26.2 Å². The first-order chi connectivity index (χ1) is 12.4. The molecule has 1 fully saturated rings. The Morgan fingerprint density at radius 1 is 1.27 bits per heavy atom. The van der Waals surface area contributed by atoms with E-state index in [2.05, 4.69) is 10.0 Å². The van der Waals surface area contributed by atoms with Crippen LogP contribution in [0.4, 0.5) is 0 Å². The van der Waals surface area contributed by atoms with E-state index in [1.165, 1.54) is 19.1 Å². The number of amides is 1. The third-order valence-electron chi connectivity index (χ3n) is 4.49. The number of fused-ring (bicyclic) bond motifs is 1. The van der Waals surface area contributed by atoms with Gasteiger partial charge in [0, 0.05) is 25.1 Å². The highest BCUT2D eigenvalue weighted by molar-refractivity contribution is 7.89. The lowest BCUT2D eigenvalue weighted by Crippen LogP contribution is -2.48. The van der Waals surface area contributed by atoms with E-state index >= 15 is 0 Å². The molecular formula is C17H25N3O5S. The molecular weight excluding hydrogens is 358 g/mol. The Hall–Kier alpha value is -1.84. The van der Waals surface area contributed by atoms with Gasteiger partial charge in [-0.1, -0.05) is 0 Å². The molecule has 2 atom stereocenters. The van der Waals surface area contributed by atoms with Gasteiger partial charge >= 0.3 is 0 Å². The van der Waals surface area contributed by atoms with Gasteiger partial charge in [-0.2, -0.15) is 4.72 Å². The summed E-state index contributed by atoms with van der Waals surface area (Å²) in [6.07, 6.45) is 2.90. The summed E-state index contributed by atoms with van der Waals surface area (Å²) in [4.78, 5) is 12.2. The fourth-order valence-corrected chi connectivity index (χ4v) is 3.95. The van der Waals surface area contributed by atoms with Crippen molar-refractivity contribution in [1.29, 1.82) is 0 Å². The number of rotatable bonds is 7. The second-order valence-corrected chi connectivity index (χ2v) is 8.46. The summed E-state index contributed by atoms with van der Waals surface area (Å²) >= 11 is 0. The van der Waals surface area contributed by atoms with Crippen LogP contribution in [0.3, 0.4) is 0 Å². The van der Waals surface area contributed by atoms with Crippen LogP contribution in [0, 0.1) is 5.92 Å². The Labute approximate surface area is 153 Å². The van der Waals surface area contributed by atoms with Crippen LogP contribution in [-0.4, -0.2) is 46.2 Å². The second-order valence-electron chi connectivity index (χ2n) is 6.75. The van der Waals surface area contributed by atoms with Crippen LogP contribution in [0.5, 0.6) is 11.5 Å². The van der Waals surface area contributed by atoms with Crippen LogP contribution in [0.25, 0.3) is 0 Å². The Balaban J connectivity index is 1.62. The Morgan fingerprint density at radius 3 is 2.65 bits per heavy atom. The van der Waals surface area contributed by atoms with Gasteiger partial charge in [0.1, 0.15) is 0 Å². The van der Waals surface area contributed by atoms with Gasteiger partial charge in [0.25, 0.3) is 0 Å². The van der Waals surface area contributed by atoms with Crippen molar-refractivity contribution in [2.45, 2.75) is 43.2 Å². The molecule has 0 aromatic heterocycles. The van der Waals surface area contributed by atoms with E-state index in [9.17, 15) is 13.2 Å². The average Bonchev–Trinajstić information content (AvgIpc) is 3.44. The summed E-state index contributed by atoms with van der Waals surface area (Å²) in [5.41, 5.74) is 5.94. The van der Waals surface area contributed by atoms with Gasteiger partial charge in [-0.3, -0.25) is 4.79 Å². The first kappa shape index (κ1) is 18.9. The number of benzene rings is 1. The summed E-state index contributed by atoms with van der Waals surface area (Å²) in [7, 11) is -3.87. The maximum atomic E-state index is 12.6. The van der Waals surface area contributed by atoms with Crippen LogP contribution in [0.2, 0.25) is 0 Å². The number of hydrogen-bond acceptors (Lipinski definition) is 6. The van der Waals surface area contributed by atoms with Gasteiger partial charge in [0.2, 0.25) is 15.9 Å². The van der Waals surface area contributed by atoms with Gasteiger partial charge in [0.15, 0.2) is 11.5 Å². The molecule has 144 valence electrons. The van der Waals surface area contributed by atoms with Crippen molar-refractivity contribution >= 4 is 15.9 Å². The van der Waals surface area contributed by atoms with Gasteiger partial charge in [-0.15, -0.1) is 0 Å². The van der Waals surface area contributed by atoms with Gasteiger partial charge in [0.05, 0.1) is 24.2 Å². The average molecular weight is 383 g/mol. The van der Waals surface area contributed by atoms with Crippen molar-refractivity contribution in [1.82, 2.24) is 10.0 Å². The molecule has 1 aliphatic carbocycles. The van der Waals surface area contributed by atoms with Crippen molar-refractivity contribution in [2.75, 3.05) is 19.8 Å². The van der Waals surface area contributed by atoms with Crippen molar-refractivity contribution < 1.29 is 22.7 Å². The molecule has 0 bridgehead atoms. The minimum atomic E-state index is -3.87. The molecule has 2 aliphatic rings. The molecule has 0 saturated heterocycles. The van der Waals surface area contributed by atoms with Crippen LogP contribution >= 0.6 is 0 Å². The molecule has 0 spiro atoms. The van der Waals surface area contributed by atoms with E-state index in [4.69, 9.17) is 15.2 Å². The minimum absolute atomic E-state index is 0.0241. The maximum Gasteiger partial charge on any atom is 0.241 e. The summed E-state index contributed by atoms with van der Waals surface area (Å²) in [6, 6.07) is 3.42. The number of nitrogens with one attached hydrogen (secondary N) is 2. The topological polar surface area (TPSA) is 120 Å². The van der Waals surface area contributed by atoms with Crippen molar-refractivity contribution in [2.24, 2.45) is 11.7 Å². The Morgan fingerprint density at radius 2 is 1.96 bits per heavy atom. The molecule has 1 aromatic rings. The largest absolute Gasteiger partial charge is 0.490 e. The predicted octanol–water partition coefficient (Wildman–Crippen LogP) is 0.368. The summed E-state index contributed by atoms with van der Waals surface area (Å²) in [6.45, 7) is 2.83. The van der Waals surface area contributed by atoms with E-state index in [0.29, 0.717) is 37.2 Å². The number of carbonyl (C=O) groups is 1. The van der Waals surface area contributed by atoms with Crippen LogP contribution in [0.15, 0.2) is 23.1 Å². The van der Waals surface area contributed by atoms with E-state index in [-0.39, 0.29) is 10.9 Å². The molecule has 1 aliphatic heterocycles. The molecule has 1 aromatic carbocycles. The lowest BCUT2D eigenvalue weighted by molar-refractivity contribution is -0.122. The van der Waals surface area contributed by atoms with Gasteiger partial charge < -0.3 is 20.5 Å². The fraction of sp³-hybridized carbons (Fsp3) is 0.588. The number of ether oxygens (including phenoxy) is 2. The smallest absolute Gasteiger partial charge is 0.241 e. The minimum Gasteiger partial charge on any atom is -0.490 e. The normalized spacial score (nSPS) is 19.3.